The van der Waals surface area contributed by atoms with Gasteiger partial charge >= 0.3 is 0 Å². The summed E-state index contributed by atoms with van der Waals surface area (Å²) in [5.41, 5.74) is 2.98. The Morgan fingerprint density at radius 1 is 0.897 bits per heavy atom. The van der Waals surface area contributed by atoms with Gasteiger partial charge in [0.15, 0.2) is 0 Å². The van der Waals surface area contributed by atoms with Crippen LogP contribution in [0.2, 0.25) is 10.0 Å². The van der Waals surface area contributed by atoms with Crippen LogP contribution in [-0.2, 0) is 6.54 Å². The quantitative estimate of drug-likeness (QED) is 0.454. The molecule has 1 saturated carbocycles. The zero-order valence-electron chi connectivity index (χ0n) is 16.2. The number of pyridine rings is 2. The normalized spacial score (nSPS) is 14.6. The Kier molecular flexibility index (Phi) is 6.53. The maximum absolute atomic E-state index is 6.47. The van der Waals surface area contributed by atoms with Crippen LogP contribution in [0.5, 0.6) is 0 Å². The monoisotopic (exact) mass is 426 g/mol. The molecule has 0 unspecified atom stereocenters. The van der Waals surface area contributed by atoms with Crippen LogP contribution in [-0.4, -0.2) is 16.0 Å². The highest BCUT2D eigenvalue weighted by Crippen LogP contribution is 2.31. The molecule has 0 aliphatic heterocycles. The minimum absolute atomic E-state index is 0.496. The Balaban J connectivity index is 1.51. The van der Waals surface area contributed by atoms with Crippen LogP contribution in [0.3, 0.4) is 0 Å². The number of halogens is 2. The van der Waals surface area contributed by atoms with Gasteiger partial charge in [0.25, 0.3) is 0 Å². The lowest BCUT2D eigenvalue weighted by molar-refractivity contribution is 0.462. The number of benzene rings is 1. The van der Waals surface area contributed by atoms with Gasteiger partial charge in [-0.25, -0.2) is 9.97 Å². The summed E-state index contributed by atoms with van der Waals surface area (Å²) in [7, 11) is 0. The third-order valence-corrected chi connectivity index (χ3v) is 5.97. The first-order valence-corrected chi connectivity index (χ1v) is 10.8. The lowest BCUT2D eigenvalue weighted by Gasteiger charge is -2.23. The maximum atomic E-state index is 6.47. The molecule has 2 aromatic heterocycles. The number of nitrogens with one attached hydrogen (secondary N) is 2. The predicted octanol–water partition coefficient (Wildman–Crippen LogP) is 6.81. The molecule has 3 aromatic rings. The van der Waals surface area contributed by atoms with E-state index in [4.69, 9.17) is 23.2 Å². The van der Waals surface area contributed by atoms with E-state index in [-0.39, 0.29) is 0 Å². The number of anilines is 2. The van der Waals surface area contributed by atoms with E-state index in [1.54, 1.807) is 12.4 Å². The Morgan fingerprint density at radius 3 is 2.55 bits per heavy atom. The number of aromatic nitrogens is 2. The van der Waals surface area contributed by atoms with Crippen molar-refractivity contribution < 1.29 is 0 Å². The number of nitrogens with zero attached hydrogens (tertiary/aromatic N) is 2. The van der Waals surface area contributed by atoms with Gasteiger partial charge in [0.05, 0.1) is 5.02 Å². The van der Waals surface area contributed by atoms with Gasteiger partial charge in [-0.05, 0) is 48.2 Å². The molecule has 0 bridgehead atoms. The molecule has 1 aliphatic carbocycles. The first-order chi connectivity index (χ1) is 14.2. The van der Waals surface area contributed by atoms with Crippen LogP contribution in [0.1, 0.15) is 37.7 Å². The molecule has 1 aromatic carbocycles. The molecule has 4 nitrogen and oxygen atoms in total. The van der Waals surface area contributed by atoms with Gasteiger partial charge < -0.3 is 10.6 Å². The van der Waals surface area contributed by atoms with Gasteiger partial charge in [0.2, 0.25) is 0 Å². The summed E-state index contributed by atoms with van der Waals surface area (Å²) >= 11 is 12.7. The molecule has 0 amide bonds. The van der Waals surface area contributed by atoms with E-state index in [2.05, 4.69) is 20.6 Å². The minimum Gasteiger partial charge on any atom is -0.367 e. The highest BCUT2D eigenvalue weighted by Gasteiger charge is 2.15. The molecule has 0 saturated heterocycles. The average Bonchev–Trinajstić information content (AvgIpc) is 2.75. The Labute approximate surface area is 181 Å². The van der Waals surface area contributed by atoms with Crippen LogP contribution in [0, 0.1) is 0 Å². The molecule has 0 atom stereocenters. The third kappa shape index (κ3) is 5.20. The van der Waals surface area contributed by atoms with Crippen LogP contribution >= 0.6 is 23.2 Å². The fraction of sp³-hybridized carbons (Fsp3) is 0.304. The van der Waals surface area contributed by atoms with Crippen LogP contribution in [0.25, 0.3) is 11.1 Å². The van der Waals surface area contributed by atoms with Crippen molar-refractivity contribution in [2.75, 3.05) is 10.6 Å². The molecule has 0 spiro atoms. The minimum atomic E-state index is 0.496. The summed E-state index contributed by atoms with van der Waals surface area (Å²) in [6.45, 7) is 0.606. The van der Waals surface area contributed by atoms with Crippen molar-refractivity contribution in [1.82, 2.24) is 9.97 Å². The van der Waals surface area contributed by atoms with Crippen molar-refractivity contribution >= 4 is 34.8 Å². The summed E-state index contributed by atoms with van der Waals surface area (Å²) in [6.07, 6.45) is 9.80. The third-order valence-electron chi connectivity index (χ3n) is 5.30. The predicted molar refractivity (Wildman–Crippen MR) is 122 cm³/mol. The second-order valence-electron chi connectivity index (χ2n) is 7.40. The first-order valence-electron chi connectivity index (χ1n) is 10.0. The molecule has 4 rings (SSSR count). The van der Waals surface area contributed by atoms with Crippen LogP contribution < -0.4 is 10.6 Å². The second-order valence-corrected chi connectivity index (χ2v) is 8.22. The molecule has 2 heterocycles. The highest BCUT2D eigenvalue weighted by molar-refractivity contribution is 6.33. The van der Waals surface area contributed by atoms with Gasteiger partial charge in [-0.15, -0.1) is 0 Å². The lowest BCUT2D eigenvalue weighted by Crippen LogP contribution is -2.22. The number of rotatable bonds is 6. The SMILES string of the molecule is Clc1ccccc1CNc1cc(-c2cc(NC3CCCCC3)ncc2Cl)ccn1. The molecule has 29 heavy (non-hydrogen) atoms. The molecule has 2 N–H and O–H groups in total. The highest BCUT2D eigenvalue weighted by atomic mass is 35.5. The van der Waals surface area contributed by atoms with Crippen LogP contribution in [0.15, 0.2) is 54.9 Å². The van der Waals surface area contributed by atoms with Gasteiger partial charge in [-0.3, -0.25) is 0 Å². The Hall–Kier alpha value is -2.30. The van der Waals surface area contributed by atoms with Gasteiger partial charge in [-0.1, -0.05) is 60.7 Å². The summed E-state index contributed by atoms with van der Waals surface area (Å²) in [5.74, 6) is 1.65. The Morgan fingerprint density at radius 2 is 1.72 bits per heavy atom. The van der Waals surface area contributed by atoms with Gasteiger partial charge in [0.1, 0.15) is 11.6 Å². The average molecular weight is 427 g/mol. The van der Waals surface area contributed by atoms with E-state index < -0.39 is 0 Å². The summed E-state index contributed by atoms with van der Waals surface area (Å²) in [5, 5.41) is 8.28. The van der Waals surface area contributed by atoms with E-state index in [0.29, 0.717) is 17.6 Å². The molecular formula is C23H24Cl2N4. The number of hydrogen-bond acceptors (Lipinski definition) is 4. The van der Waals surface area contributed by atoms with Crippen molar-refractivity contribution in [1.29, 1.82) is 0 Å². The molecular weight excluding hydrogens is 403 g/mol. The zero-order chi connectivity index (χ0) is 20.1. The molecule has 6 heteroatoms. The second kappa shape index (κ2) is 9.47. The summed E-state index contributed by atoms with van der Waals surface area (Å²) in [4.78, 5) is 8.90. The van der Waals surface area contributed by atoms with E-state index in [0.717, 1.165) is 33.3 Å². The summed E-state index contributed by atoms with van der Waals surface area (Å²) in [6, 6.07) is 14.3. The largest absolute Gasteiger partial charge is 0.367 e. The maximum Gasteiger partial charge on any atom is 0.126 e. The van der Waals surface area contributed by atoms with Gasteiger partial charge in [-0.2, -0.15) is 0 Å². The van der Waals surface area contributed by atoms with E-state index in [1.165, 1.54) is 32.1 Å². The Bertz CT molecular complexity index is 971. The van der Waals surface area contributed by atoms with Crippen molar-refractivity contribution in [2.45, 2.75) is 44.7 Å². The fourth-order valence-electron chi connectivity index (χ4n) is 3.72. The van der Waals surface area contributed by atoms with Crippen molar-refractivity contribution in [3.63, 3.8) is 0 Å². The van der Waals surface area contributed by atoms with Crippen molar-refractivity contribution in [2.24, 2.45) is 0 Å². The van der Waals surface area contributed by atoms with Crippen molar-refractivity contribution in [3.05, 3.63) is 70.5 Å². The van der Waals surface area contributed by atoms with Gasteiger partial charge in [0, 0.05) is 35.6 Å². The number of hydrogen-bond donors (Lipinski definition) is 2. The summed E-state index contributed by atoms with van der Waals surface area (Å²) < 4.78 is 0. The molecule has 0 radical (unpaired) electrons. The molecule has 1 aliphatic rings. The molecule has 1 fully saturated rings. The van der Waals surface area contributed by atoms with E-state index >= 15 is 0 Å². The fourth-order valence-corrected chi connectivity index (χ4v) is 4.13. The smallest absolute Gasteiger partial charge is 0.126 e. The standard InChI is InChI=1S/C23H24Cl2N4/c24-20-9-5-4-6-17(20)14-27-22-12-16(10-11-26-22)19-13-23(28-15-21(19)25)29-18-7-2-1-3-8-18/h4-6,9-13,15,18H,1-3,7-8,14H2,(H,26,27)(H,28,29). The van der Waals surface area contributed by atoms with E-state index in [1.807, 2.05) is 42.5 Å². The van der Waals surface area contributed by atoms with E-state index in [9.17, 15) is 0 Å². The van der Waals surface area contributed by atoms with Crippen molar-refractivity contribution in [3.8, 4) is 11.1 Å². The topological polar surface area (TPSA) is 49.8 Å². The van der Waals surface area contributed by atoms with Crippen LogP contribution in [0.4, 0.5) is 11.6 Å². The zero-order valence-corrected chi connectivity index (χ0v) is 17.7. The lowest BCUT2D eigenvalue weighted by atomic mass is 9.95. The first kappa shape index (κ1) is 20.0. The molecule has 150 valence electrons.